The minimum Gasteiger partial charge on any atom is -0.300 e. The Labute approximate surface area is 145 Å². The van der Waals surface area contributed by atoms with Crippen LogP contribution in [0.4, 0.5) is 10.8 Å². The van der Waals surface area contributed by atoms with Crippen LogP contribution in [0, 0.1) is 19.3 Å². The lowest BCUT2D eigenvalue weighted by atomic mass is 9.96. The van der Waals surface area contributed by atoms with Crippen molar-refractivity contribution in [1.29, 1.82) is 0 Å². The fourth-order valence-electron chi connectivity index (χ4n) is 1.89. The van der Waals surface area contributed by atoms with Crippen molar-refractivity contribution in [3.05, 3.63) is 29.3 Å². The molecule has 1 aromatic heterocycles. The lowest BCUT2D eigenvalue weighted by Crippen LogP contribution is -2.27. The molecule has 0 unspecified atom stereocenters. The third kappa shape index (κ3) is 4.51. The lowest BCUT2D eigenvalue weighted by molar-refractivity contribution is -0.123. The molecule has 0 radical (unpaired) electrons. The van der Waals surface area contributed by atoms with Gasteiger partial charge in [0.05, 0.1) is 0 Å². The maximum absolute atomic E-state index is 12.4. The average Bonchev–Trinajstić information content (AvgIpc) is 2.85. The van der Waals surface area contributed by atoms with E-state index in [9.17, 15) is 13.2 Å². The second-order valence-electron chi connectivity index (χ2n) is 6.56. The van der Waals surface area contributed by atoms with E-state index in [2.05, 4.69) is 20.2 Å². The molecule has 2 N–H and O–H groups in total. The summed E-state index contributed by atoms with van der Waals surface area (Å²) in [5.74, 6) is -0.259. The van der Waals surface area contributed by atoms with Crippen molar-refractivity contribution in [3.63, 3.8) is 0 Å². The zero-order valence-corrected chi connectivity index (χ0v) is 15.8. The van der Waals surface area contributed by atoms with Gasteiger partial charge in [-0.25, -0.2) is 0 Å². The van der Waals surface area contributed by atoms with Gasteiger partial charge in [0.15, 0.2) is 0 Å². The normalized spacial score (nSPS) is 12.0. The molecule has 1 aromatic carbocycles. The standard InChI is InChI=1S/C15H20N4O3S2/c1-9-6-10(2)8-11(7-9)19-24(21,22)14-18-17-13(23-14)16-12(20)15(3,4)5/h6-8,19H,1-5H3,(H,16,17,20). The van der Waals surface area contributed by atoms with E-state index in [1.165, 1.54) is 0 Å². The number of carbonyl (C=O) groups excluding carboxylic acids is 1. The molecule has 0 saturated heterocycles. The van der Waals surface area contributed by atoms with E-state index in [0.717, 1.165) is 22.5 Å². The number of hydrogen-bond acceptors (Lipinski definition) is 6. The van der Waals surface area contributed by atoms with Gasteiger partial charge in [-0.05, 0) is 37.1 Å². The number of aromatic nitrogens is 2. The number of rotatable bonds is 4. The summed E-state index contributed by atoms with van der Waals surface area (Å²) in [6.07, 6.45) is 0. The summed E-state index contributed by atoms with van der Waals surface area (Å²) in [7, 11) is -3.85. The van der Waals surface area contributed by atoms with E-state index >= 15 is 0 Å². The first kappa shape index (κ1) is 18.3. The van der Waals surface area contributed by atoms with Gasteiger partial charge in [-0.1, -0.05) is 38.2 Å². The number of anilines is 2. The maximum Gasteiger partial charge on any atom is 0.291 e. The van der Waals surface area contributed by atoms with E-state index in [0.29, 0.717) is 5.69 Å². The van der Waals surface area contributed by atoms with Gasteiger partial charge in [0.1, 0.15) is 0 Å². The van der Waals surface area contributed by atoms with Gasteiger partial charge in [0.25, 0.3) is 14.4 Å². The number of hydrogen-bond donors (Lipinski definition) is 2. The summed E-state index contributed by atoms with van der Waals surface area (Å²) in [5, 5.41) is 10.1. The fourth-order valence-corrected chi connectivity index (χ4v) is 3.82. The number of benzene rings is 1. The number of amides is 1. The second-order valence-corrected chi connectivity index (χ2v) is 9.39. The zero-order valence-electron chi connectivity index (χ0n) is 14.2. The second kappa shape index (κ2) is 6.48. The van der Waals surface area contributed by atoms with Gasteiger partial charge >= 0.3 is 0 Å². The minimum atomic E-state index is -3.85. The van der Waals surface area contributed by atoms with Crippen molar-refractivity contribution in [3.8, 4) is 0 Å². The Morgan fingerprint density at radius 1 is 1.08 bits per heavy atom. The molecule has 7 nitrogen and oxygen atoms in total. The van der Waals surface area contributed by atoms with Crippen LogP contribution in [0.5, 0.6) is 0 Å². The molecular formula is C15H20N4O3S2. The van der Waals surface area contributed by atoms with Crippen molar-refractivity contribution in [2.75, 3.05) is 10.0 Å². The van der Waals surface area contributed by atoms with Gasteiger partial charge in [-0.15, -0.1) is 10.2 Å². The molecule has 2 rings (SSSR count). The highest BCUT2D eigenvalue weighted by atomic mass is 32.2. The molecule has 0 aliphatic carbocycles. The van der Waals surface area contributed by atoms with E-state index in [1.807, 2.05) is 19.9 Å². The fraction of sp³-hybridized carbons (Fsp3) is 0.400. The Morgan fingerprint density at radius 3 is 2.21 bits per heavy atom. The first-order valence-corrected chi connectivity index (χ1v) is 9.53. The van der Waals surface area contributed by atoms with E-state index < -0.39 is 15.4 Å². The quantitative estimate of drug-likeness (QED) is 0.808. The van der Waals surface area contributed by atoms with Gasteiger partial charge < -0.3 is 5.32 Å². The Kier molecular flexibility index (Phi) is 4.95. The number of nitrogens with one attached hydrogen (secondary N) is 2. The first-order valence-electron chi connectivity index (χ1n) is 7.23. The van der Waals surface area contributed by atoms with Gasteiger partial charge in [-0.2, -0.15) is 8.42 Å². The zero-order chi connectivity index (χ0) is 18.1. The summed E-state index contributed by atoms with van der Waals surface area (Å²) in [4.78, 5) is 11.9. The van der Waals surface area contributed by atoms with Crippen LogP contribution in [0.25, 0.3) is 0 Å². The van der Waals surface area contributed by atoms with Crippen molar-refractivity contribution < 1.29 is 13.2 Å². The van der Waals surface area contributed by atoms with Gasteiger partial charge in [-0.3, -0.25) is 9.52 Å². The molecule has 2 aromatic rings. The molecule has 0 bridgehead atoms. The predicted molar refractivity (Wildman–Crippen MR) is 94.7 cm³/mol. The number of aryl methyl sites for hydroxylation is 2. The molecule has 24 heavy (non-hydrogen) atoms. The smallest absolute Gasteiger partial charge is 0.291 e. The van der Waals surface area contributed by atoms with Crippen molar-refractivity contribution in [1.82, 2.24) is 10.2 Å². The SMILES string of the molecule is Cc1cc(C)cc(NS(=O)(=O)c2nnc(NC(=O)C(C)(C)C)s2)c1. The topological polar surface area (TPSA) is 101 Å². The molecule has 130 valence electrons. The molecule has 0 aliphatic heterocycles. The van der Waals surface area contributed by atoms with E-state index in [4.69, 9.17) is 0 Å². The van der Waals surface area contributed by atoms with Crippen LogP contribution in [0.1, 0.15) is 31.9 Å². The van der Waals surface area contributed by atoms with E-state index in [-0.39, 0.29) is 15.4 Å². The van der Waals surface area contributed by atoms with Crippen LogP contribution in [0.2, 0.25) is 0 Å². The van der Waals surface area contributed by atoms with Crippen molar-refractivity contribution in [2.45, 2.75) is 39.0 Å². The van der Waals surface area contributed by atoms with Crippen LogP contribution >= 0.6 is 11.3 Å². The van der Waals surface area contributed by atoms with Gasteiger partial charge in [0, 0.05) is 11.1 Å². The third-order valence-corrected chi connectivity index (χ3v) is 5.60. The summed E-state index contributed by atoms with van der Waals surface area (Å²) >= 11 is 0.807. The lowest BCUT2D eigenvalue weighted by Gasteiger charge is -2.15. The number of sulfonamides is 1. The Balaban J connectivity index is 2.20. The monoisotopic (exact) mass is 368 g/mol. The van der Waals surface area contributed by atoms with Crippen LogP contribution in [-0.2, 0) is 14.8 Å². The molecule has 0 aliphatic rings. The predicted octanol–water partition coefficient (Wildman–Crippen LogP) is 2.94. The van der Waals surface area contributed by atoms with Crippen LogP contribution in [-0.4, -0.2) is 24.5 Å². The largest absolute Gasteiger partial charge is 0.300 e. The minimum absolute atomic E-state index is 0.149. The summed E-state index contributed by atoms with van der Waals surface area (Å²) in [6, 6.07) is 5.41. The highest BCUT2D eigenvalue weighted by Gasteiger charge is 2.25. The molecule has 0 atom stereocenters. The molecule has 9 heteroatoms. The molecule has 0 spiro atoms. The average molecular weight is 368 g/mol. The molecule has 1 heterocycles. The Morgan fingerprint density at radius 2 is 1.67 bits per heavy atom. The van der Waals surface area contributed by atoms with Crippen LogP contribution in [0.3, 0.4) is 0 Å². The summed E-state index contributed by atoms with van der Waals surface area (Å²) < 4.78 is 27.1. The van der Waals surface area contributed by atoms with E-state index in [1.54, 1.807) is 32.9 Å². The van der Waals surface area contributed by atoms with Crippen LogP contribution in [0.15, 0.2) is 22.5 Å². The van der Waals surface area contributed by atoms with Crippen molar-refractivity contribution >= 4 is 38.1 Å². The van der Waals surface area contributed by atoms with Crippen molar-refractivity contribution in [2.24, 2.45) is 5.41 Å². The van der Waals surface area contributed by atoms with Gasteiger partial charge in [0.2, 0.25) is 11.0 Å². The Bertz CT molecular complexity index is 847. The molecule has 0 fully saturated rings. The van der Waals surface area contributed by atoms with Crippen LogP contribution < -0.4 is 10.0 Å². The molecular weight excluding hydrogens is 348 g/mol. The number of carbonyl (C=O) groups is 1. The summed E-state index contributed by atoms with van der Waals surface area (Å²) in [6.45, 7) is 9.03. The molecule has 1 amide bonds. The summed E-state index contributed by atoms with van der Waals surface area (Å²) in [5.41, 5.74) is 1.75. The highest BCUT2D eigenvalue weighted by Crippen LogP contribution is 2.25. The first-order chi connectivity index (χ1) is 11.0. The Hall–Kier alpha value is -2.00. The molecule has 0 saturated carbocycles. The maximum atomic E-state index is 12.4. The number of nitrogens with zero attached hydrogens (tertiary/aromatic N) is 2. The third-order valence-electron chi connectivity index (χ3n) is 3.01. The highest BCUT2D eigenvalue weighted by molar-refractivity contribution is 7.94.